The van der Waals surface area contributed by atoms with Gasteiger partial charge in [0.25, 0.3) is 5.66 Å². The molecule has 0 saturated carbocycles. The second-order valence-electron chi connectivity index (χ2n) is 7.83. The Morgan fingerprint density at radius 2 is 1.71 bits per heavy atom. The highest BCUT2D eigenvalue weighted by Gasteiger charge is 2.56. The van der Waals surface area contributed by atoms with E-state index in [0.717, 1.165) is 9.87 Å². The van der Waals surface area contributed by atoms with Crippen LogP contribution >= 0.6 is 0 Å². The number of esters is 1. The minimum Gasteiger partial charge on any atom is -0.463 e. The number of nitriles is 1. The van der Waals surface area contributed by atoms with Crippen molar-refractivity contribution >= 4 is 21.7 Å². The van der Waals surface area contributed by atoms with Crippen molar-refractivity contribution in [2.75, 3.05) is 13.2 Å². The van der Waals surface area contributed by atoms with E-state index < -0.39 is 21.7 Å². The molecule has 0 amide bonds. The van der Waals surface area contributed by atoms with Gasteiger partial charge in [0.1, 0.15) is 0 Å². The largest absolute Gasteiger partial charge is 0.463 e. The Labute approximate surface area is 199 Å². The van der Waals surface area contributed by atoms with E-state index in [0.29, 0.717) is 22.4 Å². The zero-order valence-corrected chi connectivity index (χ0v) is 19.6. The van der Waals surface area contributed by atoms with Gasteiger partial charge in [-0.3, -0.25) is 0 Å². The van der Waals surface area contributed by atoms with Crippen molar-refractivity contribution in [3.63, 3.8) is 0 Å². The molecule has 3 aromatic rings. The molecule has 1 heterocycles. The molecule has 34 heavy (non-hydrogen) atoms. The number of rotatable bonds is 6. The molecule has 1 aliphatic rings. The minimum absolute atomic E-state index is 0.0546. The average Bonchev–Trinajstić information content (AvgIpc) is 3.28. The first kappa shape index (κ1) is 23.4. The van der Waals surface area contributed by atoms with Crippen molar-refractivity contribution in [2.45, 2.75) is 24.4 Å². The quantitative estimate of drug-likeness (QED) is 0.507. The maximum Gasteiger partial charge on any atom is 0.355 e. The van der Waals surface area contributed by atoms with E-state index in [1.54, 1.807) is 73.7 Å². The molecular formula is C26H23N3O4S. The second kappa shape index (κ2) is 9.21. The van der Waals surface area contributed by atoms with E-state index in [9.17, 15) is 13.2 Å². The summed E-state index contributed by atoms with van der Waals surface area (Å²) in [6.45, 7) is 3.45. The summed E-state index contributed by atoms with van der Waals surface area (Å²) >= 11 is 0. The van der Waals surface area contributed by atoms with Crippen LogP contribution in [0.4, 0.5) is 0 Å². The number of aryl methyl sites for hydroxylation is 1. The van der Waals surface area contributed by atoms with Gasteiger partial charge < -0.3 is 4.74 Å². The van der Waals surface area contributed by atoms with Gasteiger partial charge in [0.05, 0.1) is 35.4 Å². The Kier molecular flexibility index (Phi) is 6.33. The zero-order valence-electron chi connectivity index (χ0n) is 18.8. The van der Waals surface area contributed by atoms with Gasteiger partial charge in [0, 0.05) is 5.56 Å². The maximum atomic E-state index is 13.9. The Morgan fingerprint density at radius 3 is 2.29 bits per heavy atom. The SMILES string of the molecule is CCOC(=O)C1(c2ccccc2)N=C(c2ccc(C#N)cc2)CN1S(=O)(=O)c1ccc(C)cc1. The van der Waals surface area contributed by atoms with Crippen LogP contribution in [0.15, 0.2) is 88.8 Å². The van der Waals surface area contributed by atoms with Crippen molar-refractivity contribution in [1.82, 2.24) is 4.31 Å². The van der Waals surface area contributed by atoms with Crippen molar-refractivity contribution in [3.8, 4) is 6.07 Å². The van der Waals surface area contributed by atoms with Gasteiger partial charge in [0.15, 0.2) is 0 Å². The molecule has 0 aromatic heterocycles. The molecule has 172 valence electrons. The summed E-state index contributed by atoms with van der Waals surface area (Å²) in [6, 6.07) is 23.7. The lowest BCUT2D eigenvalue weighted by atomic mass is 10.0. The van der Waals surface area contributed by atoms with E-state index in [2.05, 4.69) is 6.07 Å². The molecule has 1 aliphatic heterocycles. The highest BCUT2D eigenvalue weighted by Crippen LogP contribution is 2.41. The van der Waals surface area contributed by atoms with E-state index >= 15 is 0 Å². The highest BCUT2D eigenvalue weighted by molar-refractivity contribution is 7.89. The zero-order chi connectivity index (χ0) is 24.3. The number of carbonyl (C=O) groups is 1. The second-order valence-corrected chi connectivity index (χ2v) is 9.69. The number of hydrogen-bond donors (Lipinski definition) is 0. The van der Waals surface area contributed by atoms with E-state index in [4.69, 9.17) is 15.0 Å². The van der Waals surface area contributed by atoms with Crippen molar-refractivity contribution in [1.29, 1.82) is 5.26 Å². The molecule has 7 nitrogen and oxygen atoms in total. The van der Waals surface area contributed by atoms with Crippen LogP contribution in [-0.4, -0.2) is 37.6 Å². The highest BCUT2D eigenvalue weighted by atomic mass is 32.2. The third kappa shape index (κ3) is 4.00. The van der Waals surface area contributed by atoms with E-state index in [1.807, 2.05) is 6.92 Å². The predicted molar refractivity (Wildman–Crippen MR) is 128 cm³/mol. The van der Waals surface area contributed by atoms with Crippen LogP contribution in [0.3, 0.4) is 0 Å². The number of ether oxygens (including phenoxy) is 1. The lowest BCUT2D eigenvalue weighted by molar-refractivity contribution is -0.154. The first-order chi connectivity index (χ1) is 16.3. The molecule has 3 aromatic carbocycles. The fourth-order valence-electron chi connectivity index (χ4n) is 3.90. The van der Waals surface area contributed by atoms with Crippen LogP contribution in [0.5, 0.6) is 0 Å². The molecule has 0 saturated heterocycles. The van der Waals surface area contributed by atoms with Crippen molar-refractivity contribution in [3.05, 3.63) is 101 Å². The third-order valence-corrected chi connectivity index (χ3v) is 7.49. The Hall–Kier alpha value is -3.80. The molecule has 0 radical (unpaired) electrons. The summed E-state index contributed by atoms with van der Waals surface area (Å²) in [6.07, 6.45) is 0. The Bertz CT molecular complexity index is 1380. The van der Waals surface area contributed by atoms with Gasteiger partial charge in [-0.1, -0.05) is 60.2 Å². The molecule has 0 N–H and O–H groups in total. The number of sulfonamides is 1. The molecule has 1 atom stereocenters. The van der Waals surface area contributed by atoms with Gasteiger partial charge in [-0.25, -0.2) is 18.2 Å². The fraction of sp³-hybridized carbons (Fsp3) is 0.192. The summed E-state index contributed by atoms with van der Waals surface area (Å²) < 4.78 is 34.3. The van der Waals surface area contributed by atoms with Crippen LogP contribution in [0.2, 0.25) is 0 Å². The van der Waals surface area contributed by atoms with Crippen LogP contribution < -0.4 is 0 Å². The molecule has 0 spiro atoms. The lowest BCUT2D eigenvalue weighted by Gasteiger charge is -2.33. The van der Waals surface area contributed by atoms with Crippen LogP contribution in [0.25, 0.3) is 0 Å². The number of benzene rings is 3. The molecule has 0 aliphatic carbocycles. The van der Waals surface area contributed by atoms with Gasteiger partial charge in [-0.15, -0.1) is 0 Å². The predicted octanol–water partition coefficient (Wildman–Crippen LogP) is 3.78. The average molecular weight is 474 g/mol. The Balaban J connectivity index is 1.95. The first-order valence-corrected chi connectivity index (χ1v) is 12.2. The standard InChI is InChI=1S/C26H23N3O4S/c1-3-33-25(30)26(22-7-5-4-6-8-22)28-24(21-13-11-20(17-27)12-14-21)18-29(26)34(31,32)23-15-9-19(2)10-16-23/h4-16H,3,18H2,1-2H3. The summed E-state index contributed by atoms with van der Waals surface area (Å²) in [5.74, 6) is -0.777. The number of nitrogens with zero attached hydrogens (tertiary/aromatic N) is 3. The molecule has 1 unspecified atom stereocenters. The minimum atomic E-state index is -4.16. The summed E-state index contributed by atoms with van der Waals surface area (Å²) in [7, 11) is -4.16. The summed E-state index contributed by atoms with van der Waals surface area (Å²) in [4.78, 5) is 18.3. The molecule has 0 bridgehead atoms. The van der Waals surface area contributed by atoms with Crippen molar-refractivity contribution < 1.29 is 17.9 Å². The normalized spacial score (nSPS) is 18.2. The van der Waals surface area contributed by atoms with Gasteiger partial charge in [0.2, 0.25) is 10.0 Å². The van der Waals surface area contributed by atoms with Gasteiger partial charge in [-0.05, 0) is 43.7 Å². The fourth-order valence-corrected chi connectivity index (χ4v) is 5.50. The third-order valence-electron chi connectivity index (χ3n) is 5.64. The number of aliphatic imine (C=N–C) groups is 1. The first-order valence-electron chi connectivity index (χ1n) is 10.7. The topological polar surface area (TPSA) is 99.8 Å². The Morgan fingerprint density at radius 1 is 1.06 bits per heavy atom. The summed E-state index contributed by atoms with van der Waals surface area (Å²) in [5.41, 5.74) is 0.848. The lowest BCUT2D eigenvalue weighted by Crippen LogP contribution is -2.51. The molecule has 0 fully saturated rings. The molecular weight excluding hydrogens is 450 g/mol. The van der Waals surface area contributed by atoms with E-state index in [-0.39, 0.29) is 18.0 Å². The van der Waals surface area contributed by atoms with Gasteiger partial charge in [-0.2, -0.15) is 9.57 Å². The van der Waals surface area contributed by atoms with Crippen LogP contribution in [-0.2, 0) is 25.2 Å². The maximum absolute atomic E-state index is 13.9. The number of hydrogen-bond acceptors (Lipinski definition) is 6. The van der Waals surface area contributed by atoms with Crippen LogP contribution in [0.1, 0.15) is 29.2 Å². The number of carbonyl (C=O) groups excluding carboxylic acids is 1. The van der Waals surface area contributed by atoms with Crippen molar-refractivity contribution in [2.24, 2.45) is 4.99 Å². The summed E-state index contributed by atoms with van der Waals surface area (Å²) in [5, 5.41) is 9.12. The van der Waals surface area contributed by atoms with Crippen LogP contribution in [0, 0.1) is 18.3 Å². The smallest absolute Gasteiger partial charge is 0.355 e. The monoisotopic (exact) mass is 473 g/mol. The molecule has 8 heteroatoms. The van der Waals surface area contributed by atoms with E-state index in [1.165, 1.54) is 12.1 Å². The molecule has 4 rings (SSSR count). The van der Waals surface area contributed by atoms with Gasteiger partial charge >= 0.3 is 5.97 Å².